The summed E-state index contributed by atoms with van der Waals surface area (Å²) in [6.45, 7) is 2.00. The van der Waals surface area contributed by atoms with Gasteiger partial charge < -0.3 is 4.74 Å². The van der Waals surface area contributed by atoms with Gasteiger partial charge in [0.25, 0.3) is 5.56 Å². The van der Waals surface area contributed by atoms with Crippen molar-refractivity contribution in [1.82, 2.24) is 9.55 Å². The number of rotatable bonds is 5. The number of pyridine rings is 1. The van der Waals surface area contributed by atoms with Crippen LogP contribution in [-0.4, -0.2) is 22.1 Å². The minimum absolute atomic E-state index is 0.199. The second kappa shape index (κ2) is 9.09. The predicted molar refractivity (Wildman–Crippen MR) is 130 cm³/mol. The Bertz CT molecular complexity index is 1500. The third-order valence-electron chi connectivity index (χ3n) is 5.17. The molecule has 1 aliphatic heterocycles. The van der Waals surface area contributed by atoms with Crippen LogP contribution in [0.2, 0.25) is 0 Å². The van der Waals surface area contributed by atoms with Crippen LogP contribution in [-0.2, 0) is 9.53 Å². The van der Waals surface area contributed by atoms with Gasteiger partial charge in [0.1, 0.15) is 6.04 Å². The van der Waals surface area contributed by atoms with Crippen molar-refractivity contribution in [2.45, 2.75) is 13.0 Å². The lowest BCUT2D eigenvalue weighted by molar-refractivity contribution is -0.138. The van der Waals surface area contributed by atoms with E-state index >= 15 is 0 Å². The molecule has 164 valence electrons. The highest BCUT2D eigenvalue weighted by Crippen LogP contribution is 2.36. The summed E-state index contributed by atoms with van der Waals surface area (Å²) in [6.07, 6.45) is 5.19. The highest BCUT2D eigenvalue weighted by molar-refractivity contribution is 7.10. The van der Waals surface area contributed by atoms with E-state index in [1.165, 1.54) is 22.7 Å². The van der Waals surface area contributed by atoms with Crippen molar-refractivity contribution in [2.24, 2.45) is 4.99 Å². The molecule has 8 heteroatoms. The van der Waals surface area contributed by atoms with Gasteiger partial charge in [0.05, 0.1) is 22.4 Å². The first-order valence-electron chi connectivity index (χ1n) is 10.4. The number of thiophene rings is 1. The maximum Gasteiger partial charge on any atom is 0.338 e. The van der Waals surface area contributed by atoms with Crippen LogP contribution in [0.5, 0.6) is 0 Å². The molecule has 0 amide bonds. The van der Waals surface area contributed by atoms with E-state index in [9.17, 15) is 9.59 Å². The molecule has 0 spiro atoms. The van der Waals surface area contributed by atoms with Crippen LogP contribution >= 0.6 is 22.7 Å². The second-order valence-corrected chi connectivity index (χ2v) is 9.22. The van der Waals surface area contributed by atoms with E-state index in [0.717, 1.165) is 16.0 Å². The van der Waals surface area contributed by atoms with Gasteiger partial charge in [0.2, 0.25) is 0 Å². The number of ether oxygens (including phenoxy) is 1. The van der Waals surface area contributed by atoms with Crippen molar-refractivity contribution in [3.8, 4) is 0 Å². The fourth-order valence-electron chi connectivity index (χ4n) is 3.77. The molecule has 0 bridgehead atoms. The summed E-state index contributed by atoms with van der Waals surface area (Å²) in [4.78, 5) is 37.2. The van der Waals surface area contributed by atoms with Crippen molar-refractivity contribution >= 4 is 40.4 Å². The number of carbonyl (C=O) groups is 1. The summed E-state index contributed by atoms with van der Waals surface area (Å²) in [5, 5.41) is 1.94. The first-order chi connectivity index (χ1) is 16.2. The normalized spacial score (nSPS) is 15.8. The van der Waals surface area contributed by atoms with Gasteiger partial charge in [-0.05, 0) is 36.1 Å². The Morgan fingerprint density at radius 3 is 2.70 bits per heavy atom. The number of carbonyl (C=O) groups excluding carboxylic acids is 1. The Kier molecular flexibility index (Phi) is 5.85. The van der Waals surface area contributed by atoms with Gasteiger partial charge in [-0.2, -0.15) is 0 Å². The van der Waals surface area contributed by atoms with Crippen LogP contribution in [0.15, 0.2) is 87.7 Å². The largest absolute Gasteiger partial charge is 0.463 e. The lowest BCUT2D eigenvalue weighted by Crippen LogP contribution is -2.39. The van der Waals surface area contributed by atoms with Crippen molar-refractivity contribution in [2.75, 3.05) is 6.61 Å². The first kappa shape index (κ1) is 21.2. The highest BCUT2D eigenvalue weighted by Gasteiger charge is 2.35. The van der Waals surface area contributed by atoms with Crippen molar-refractivity contribution in [3.63, 3.8) is 0 Å². The van der Waals surface area contributed by atoms with Gasteiger partial charge in [0.15, 0.2) is 4.80 Å². The number of aromatic nitrogens is 2. The molecule has 0 fully saturated rings. The second-order valence-electron chi connectivity index (χ2n) is 7.23. The summed E-state index contributed by atoms with van der Waals surface area (Å²) in [5.41, 5.74) is 2.32. The van der Waals surface area contributed by atoms with E-state index in [0.29, 0.717) is 20.6 Å². The van der Waals surface area contributed by atoms with Crippen molar-refractivity contribution in [3.05, 3.63) is 114 Å². The minimum Gasteiger partial charge on any atom is -0.463 e. The van der Waals surface area contributed by atoms with Crippen LogP contribution in [0.3, 0.4) is 0 Å². The molecule has 33 heavy (non-hydrogen) atoms. The smallest absolute Gasteiger partial charge is 0.338 e. The van der Waals surface area contributed by atoms with E-state index in [1.54, 1.807) is 30.0 Å². The topological polar surface area (TPSA) is 73.6 Å². The van der Waals surface area contributed by atoms with E-state index < -0.39 is 12.0 Å². The third kappa shape index (κ3) is 3.99. The molecule has 1 aromatic carbocycles. The fraction of sp³-hybridized carbons (Fsp3) is 0.120. The Balaban J connectivity index is 1.82. The Morgan fingerprint density at radius 1 is 1.15 bits per heavy atom. The summed E-state index contributed by atoms with van der Waals surface area (Å²) in [7, 11) is 0. The molecular weight excluding hydrogens is 454 g/mol. The molecule has 0 aliphatic carbocycles. The van der Waals surface area contributed by atoms with Crippen LogP contribution in [0, 0.1) is 0 Å². The van der Waals surface area contributed by atoms with Crippen molar-refractivity contribution < 1.29 is 9.53 Å². The molecule has 6 nitrogen and oxygen atoms in total. The van der Waals surface area contributed by atoms with Gasteiger partial charge in [-0.25, -0.2) is 9.79 Å². The number of thiazole rings is 1. The zero-order valence-electron chi connectivity index (χ0n) is 17.7. The summed E-state index contributed by atoms with van der Waals surface area (Å²) >= 11 is 2.79. The van der Waals surface area contributed by atoms with E-state index in [4.69, 9.17) is 9.73 Å². The van der Waals surface area contributed by atoms with Gasteiger partial charge in [0, 0.05) is 22.8 Å². The predicted octanol–water partition coefficient (Wildman–Crippen LogP) is 3.39. The molecule has 1 atom stereocenters. The number of hydrogen-bond donors (Lipinski definition) is 0. The summed E-state index contributed by atoms with van der Waals surface area (Å²) in [5.74, 6) is -0.472. The zero-order chi connectivity index (χ0) is 22.8. The zero-order valence-corrected chi connectivity index (χ0v) is 19.3. The SMILES string of the molecule is CCOC(=O)C1=C(c2ccccc2)N=c2sc(=Cc3cccnc3)c(=O)n2C1c1cccs1. The molecule has 0 saturated carbocycles. The molecular formula is C25H19N3O3S2. The average Bonchev–Trinajstić information content (AvgIpc) is 3.48. The first-order valence-corrected chi connectivity index (χ1v) is 12.1. The van der Waals surface area contributed by atoms with E-state index in [2.05, 4.69) is 4.98 Å². The van der Waals surface area contributed by atoms with E-state index in [-0.39, 0.29) is 12.2 Å². The number of esters is 1. The lowest BCUT2D eigenvalue weighted by Gasteiger charge is -2.24. The number of nitrogens with zero attached hydrogens (tertiary/aromatic N) is 3. The van der Waals surface area contributed by atoms with Gasteiger partial charge in [-0.1, -0.05) is 53.8 Å². The van der Waals surface area contributed by atoms with Gasteiger partial charge in [-0.15, -0.1) is 11.3 Å². The highest BCUT2D eigenvalue weighted by atomic mass is 32.1. The fourth-order valence-corrected chi connectivity index (χ4v) is 5.59. The molecule has 0 N–H and O–H groups in total. The van der Waals surface area contributed by atoms with Crippen LogP contribution in [0.1, 0.15) is 29.0 Å². The van der Waals surface area contributed by atoms with Gasteiger partial charge in [-0.3, -0.25) is 14.3 Å². The summed E-state index contributed by atoms with van der Waals surface area (Å²) in [6, 6.07) is 16.5. The molecule has 4 heterocycles. The third-order valence-corrected chi connectivity index (χ3v) is 7.08. The number of benzene rings is 1. The number of hydrogen-bond acceptors (Lipinski definition) is 7. The Labute approximate surface area is 197 Å². The Hall–Kier alpha value is -3.62. The lowest BCUT2D eigenvalue weighted by atomic mass is 9.97. The monoisotopic (exact) mass is 473 g/mol. The molecule has 0 radical (unpaired) electrons. The maximum absolute atomic E-state index is 13.6. The Morgan fingerprint density at radius 2 is 2.00 bits per heavy atom. The van der Waals surface area contributed by atoms with Crippen molar-refractivity contribution in [1.29, 1.82) is 0 Å². The quantitative estimate of drug-likeness (QED) is 0.417. The van der Waals surface area contributed by atoms with Crippen LogP contribution < -0.4 is 14.9 Å². The molecule has 1 unspecified atom stereocenters. The molecule has 3 aromatic heterocycles. The average molecular weight is 474 g/mol. The minimum atomic E-state index is -0.619. The molecule has 1 aliphatic rings. The maximum atomic E-state index is 13.6. The molecule has 5 rings (SSSR count). The molecule has 4 aromatic rings. The van der Waals surface area contributed by atoms with Crippen LogP contribution in [0.4, 0.5) is 0 Å². The standard InChI is InChI=1S/C25H19N3O3S2/c1-2-31-24(30)20-21(17-9-4-3-5-10-17)27-25-28(22(20)18-11-7-13-32-18)23(29)19(33-25)14-16-8-6-12-26-15-16/h3-15,22H,2H2,1H3. The van der Waals surface area contributed by atoms with E-state index in [1.807, 2.05) is 60.0 Å². The number of fused-ring (bicyclic) bond motifs is 1. The molecule has 0 saturated heterocycles. The van der Waals surface area contributed by atoms with Gasteiger partial charge >= 0.3 is 5.97 Å². The van der Waals surface area contributed by atoms with Crippen LogP contribution in [0.25, 0.3) is 11.8 Å². The summed E-state index contributed by atoms with van der Waals surface area (Å²) < 4.78 is 7.58.